The van der Waals surface area contributed by atoms with E-state index in [-0.39, 0.29) is 5.56 Å². The van der Waals surface area contributed by atoms with Gasteiger partial charge in [-0.25, -0.2) is 0 Å². The molecule has 0 unspecified atom stereocenters. The first-order chi connectivity index (χ1) is 10.1. The van der Waals surface area contributed by atoms with Crippen molar-refractivity contribution in [2.24, 2.45) is 0 Å². The molecule has 0 saturated carbocycles. The van der Waals surface area contributed by atoms with Gasteiger partial charge in [-0.1, -0.05) is 30.3 Å². The Morgan fingerprint density at radius 1 is 0.773 bits per heavy atom. The molecule has 0 heterocycles. The molecular weight excluding hydrogens is 308 g/mol. The molecule has 0 spiro atoms. The van der Waals surface area contributed by atoms with Crippen molar-refractivity contribution in [3.05, 3.63) is 59.2 Å². The van der Waals surface area contributed by atoms with Crippen LogP contribution >= 0.6 is 0 Å². The third-order valence-electron chi connectivity index (χ3n) is 2.95. The van der Waals surface area contributed by atoms with Gasteiger partial charge < -0.3 is 0 Å². The van der Waals surface area contributed by atoms with Crippen molar-refractivity contribution in [2.75, 3.05) is 0 Å². The van der Waals surface area contributed by atoms with E-state index in [0.29, 0.717) is 11.6 Å². The lowest BCUT2D eigenvalue weighted by molar-refractivity contribution is -0.162. The van der Waals surface area contributed by atoms with E-state index in [1.54, 1.807) is 6.07 Å². The Bertz CT molecular complexity index is 723. The lowest BCUT2D eigenvalue weighted by Gasteiger charge is -2.18. The molecule has 0 N–H and O–H groups in total. The van der Waals surface area contributed by atoms with Crippen molar-refractivity contribution in [3.8, 4) is 17.2 Å². The van der Waals surface area contributed by atoms with Gasteiger partial charge in [-0.2, -0.15) is 31.6 Å². The van der Waals surface area contributed by atoms with Gasteiger partial charge in [0.05, 0.1) is 22.8 Å². The third kappa shape index (κ3) is 3.06. The van der Waals surface area contributed by atoms with Crippen LogP contribution in [0.2, 0.25) is 0 Å². The maximum Gasteiger partial charge on any atom is 0.418 e. The van der Waals surface area contributed by atoms with Gasteiger partial charge >= 0.3 is 12.4 Å². The van der Waals surface area contributed by atoms with Crippen molar-refractivity contribution in [2.45, 2.75) is 12.4 Å². The lowest BCUT2D eigenvalue weighted by atomic mass is 9.94. The SMILES string of the molecule is N#Cc1cc(-c2ccccc2)cc(C(F)(F)F)c1C(F)(F)F. The molecule has 7 heteroatoms. The van der Waals surface area contributed by atoms with E-state index in [9.17, 15) is 26.3 Å². The molecule has 2 rings (SSSR count). The molecule has 1 nitrogen and oxygen atoms in total. The number of alkyl halides is 6. The number of nitriles is 1. The van der Waals surface area contributed by atoms with E-state index in [2.05, 4.69) is 0 Å². The summed E-state index contributed by atoms with van der Waals surface area (Å²) in [6, 6.07) is 10.0. The summed E-state index contributed by atoms with van der Waals surface area (Å²) in [4.78, 5) is 0. The van der Waals surface area contributed by atoms with Crippen molar-refractivity contribution in [1.29, 1.82) is 5.26 Å². The summed E-state index contributed by atoms with van der Waals surface area (Å²) in [5.74, 6) is 0. The van der Waals surface area contributed by atoms with Gasteiger partial charge in [0.1, 0.15) is 0 Å². The highest BCUT2D eigenvalue weighted by Crippen LogP contribution is 2.43. The minimum Gasteiger partial charge on any atom is -0.192 e. The second-order valence-electron chi connectivity index (χ2n) is 4.42. The highest BCUT2D eigenvalue weighted by atomic mass is 19.4. The van der Waals surface area contributed by atoms with Crippen molar-refractivity contribution < 1.29 is 26.3 Å². The number of hydrogen-bond donors (Lipinski definition) is 0. The van der Waals surface area contributed by atoms with Gasteiger partial charge in [-0.3, -0.25) is 0 Å². The van der Waals surface area contributed by atoms with Gasteiger partial charge in [-0.15, -0.1) is 0 Å². The van der Waals surface area contributed by atoms with Crippen LogP contribution in [0.3, 0.4) is 0 Å². The number of rotatable bonds is 1. The molecule has 0 saturated heterocycles. The fraction of sp³-hybridized carbons (Fsp3) is 0.133. The maximum absolute atomic E-state index is 13.0. The molecule has 0 aliphatic rings. The first-order valence-electron chi connectivity index (χ1n) is 5.92. The predicted octanol–water partition coefficient (Wildman–Crippen LogP) is 5.26. The van der Waals surface area contributed by atoms with Gasteiger partial charge in [0, 0.05) is 0 Å². The van der Waals surface area contributed by atoms with E-state index in [1.165, 1.54) is 30.3 Å². The minimum absolute atomic E-state index is 0.0996. The molecule has 2 aromatic carbocycles. The summed E-state index contributed by atoms with van der Waals surface area (Å²) in [6.45, 7) is 0. The molecule has 0 aliphatic heterocycles. The van der Waals surface area contributed by atoms with Gasteiger partial charge in [0.25, 0.3) is 0 Å². The third-order valence-corrected chi connectivity index (χ3v) is 2.95. The Kier molecular flexibility index (Phi) is 3.88. The molecule has 114 valence electrons. The molecule has 2 aromatic rings. The zero-order chi connectivity index (χ0) is 16.5. The molecule has 0 fully saturated rings. The molecule has 0 bridgehead atoms. The summed E-state index contributed by atoms with van der Waals surface area (Å²) in [7, 11) is 0. The van der Waals surface area contributed by atoms with Crippen molar-refractivity contribution >= 4 is 0 Å². The molecule has 22 heavy (non-hydrogen) atoms. The summed E-state index contributed by atoms with van der Waals surface area (Å²) < 4.78 is 77.7. The maximum atomic E-state index is 13.0. The van der Waals surface area contributed by atoms with Gasteiger partial charge in [-0.05, 0) is 23.3 Å². The Labute approximate surface area is 121 Å². The highest BCUT2D eigenvalue weighted by Gasteiger charge is 2.45. The summed E-state index contributed by atoms with van der Waals surface area (Å²) in [5.41, 5.74) is -4.68. The quantitative estimate of drug-likeness (QED) is 0.658. The molecule has 0 radical (unpaired) electrons. The van der Waals surface area contributed by atoms with Crippen LogP contribution in [0.25, 0.3) is 11.1 Å². The summed E-state index contributed by atoms with van der Waals surface area (Å²) in [6.07, 6.45) is -10.5. The molecule has 0 atom stereocenters. The zero-order valence-electron chi connectivity index (χ0n) is 10.8. The fourth-order valence-electron chi connectivity index (χ4n) is 2.06. The van der Waals surface area contributed by atoms with Crippen LogP contribution in [-0.4, -0.2) is 0 Å². The number of benzene rings is 2. The fourth-order valence-corrected chi connectivity index (χ4v) is 2.06. The Balaban J connectivity index is 2.82. The van der Waals surface area contributed by atoms with E-state index in [4.69, 9.17) is 5.26 Å². The van der Waals surface area contributed by atoms with Gasteiger partial charge in [0.15, 0.2) is 0 Å². The monoisotopic (exact) mass is 315 g/mol. The average Bonchev–Trinajstić information content (AvgIpc) is 2.45. The van der Waals surface area contributed by atoms with E-state index >= 15 is 0 Å². The second kappa shape index (κ2) is 5.37. The second-order valence-corrected chi connectivity index (χ2v) is 4.42. The van der Waals surface area contributed by atoms with Crippen LogP contribution in [0.1, 0.15) is 16.7 Å². The first kappa shape index (κ1) is 15.9. The molecule has 0 amide bonds. The molecular formula is C15H7F6N. The van der Waals surface area contributed by atoms with Crippen molar-refractivity contribution in [3.63, 3.8) is 0 Å². The molecule has 0 aromatic heterocycles. The normalized spacial score (nSPS) is 12.0. The van der Waals surface area contributed by atoms with Crippen LogP contribution in [0, 0.1) is 11.3 Å². The minimum atomic E-state index is -5.27. The van der Waals surface area contributed by atoms with Crippen LogP contribution in [-0.2, 0) is 12.4 Å². The summed E-state index contributed by atoms with van der Waals surface area (Å²) in [5, 5.41) is 8.83. The molecule has 0 aliphatic carbocycles. The Morgan fingerprint density at radius 3 is 1.82 bits per heavy atom. The van der Waals surface area contributed by atoms with Crippen LogP contribution in [0.4, 0.5) is 26.3 Å². The Morgan fingerprint density at radius 2 is 1.36 bits per heavy atom. The average molecular weight is 315 g/mol. The lowest BCUT2D eigenvalue weighted by Crippen LogP contribution is -2.18. The van der Waals surface area contributed by atoms with E-state index in [0.717, 1.165) is 6.07 Å². The smallest absolute Gasteiger partial charge is 0.192 e. The highest BCUT2D eigenvalue weighted by molar-refractivity contribution is 5.68. The van der Waals surface area contributed by atoms with E-state index in [1.807, 2.05) is 0 Å². The number of nitrogens with zero attached hydrogens (tertiary/aromatic N) is 1. The first-order valence-corrected chi connectivity index (χ1v) is 5.92. The predicted molar refractivity (Wildman–Crippen MR) is 66.6 cm³/mol. The topological polar surface area (TPSA) is 23.8 Å². The number of halogens is 6. The summed E-state index contributed by atoms with van der Waals surface area (Å²) >= 11 is 0. The van der Waals surface area contributed by atoms with Gasteiger partial charge in [0.2, 0.25) is 0 Å². The van der Waals surface area contributed by atoms with Crippen LogP contribution in [0.15, 0.2) is 42.5 Å². The van der Waals surface area contributed by atoms with Crippen LogP contribution in [0.5, 0.6) is 0 Å². The van der Waals surface area contributed by atoms with Crippen LogP contribution < -0.4 is 0 Å². The van der Waals surface area contributed by atoms with E-state index < -0.39 is 29.0 Å². The van der Waals surface area contributed by atoms with Crippen molar-refractivity contribution in [1.82, 2.24) is 0 Å². The zero-order valence-corrected chi connectivity index (χ0v) is 10.8. The largest absolute Gasteiger partial charge is 0.418 e. The standard InChI is InChI=1S/C15H7F6N/c16-14(17,18)12-7-10(9-4-2-1-3-5-9)6-11(8-22)13(12)15(19,20)21/h1-7H. The Hall–Kier alpha value is -2.49. The number of hydrogen-bond acceptors (Lipinski definition) is 1.